The van der Waals surface area contributed by atoms with Crippen LogP contribution in [-0.4, -0.2) is 14.5 Å². The minimum absolute atomic E-state index is 0.283. The van der Waals surface area contributed by atoms with Crippen LogP contribution in [0.1, 0.15) is 23.7 Å². The van der Waals surface area contributed by atoms with Gasteiger partial charge in [0.2, 0.25) is 0 Å². The second kappa shape index (κ2) is 5.48. The van der Waals surface area contributed by atoms with Crippen LogP contribution in [0.4, 0.5) is 0 Å². The fourth-order valence-corrected chi connectivity index (χ4v) is 2.76. The fraction of sp³-hybridized carbons (Fsp3) is 0.200. The molecule has 1 atom stereocenters. The predicted molar refractivity (Wildman–Crippen MR) is 87.9 cm³/mol. The molecule has 0 amide bonds. The van der Waals surface area contributed by atoms with E-state index in [9.17, 15) is 0 Å². The summed E-state index contributed by atoms with van der Waals surface area (Å²) >= 11 is 18.7. The van der Waals surface area contributed by atoms with Crippen molar-refractivity contribution in [3.8, 4) is 5.69 Å². The Bertz CT molecular complexity index is 824. The molecule has 6 heteroatoms. The molecule has 0 saturated heterocycles. The Morgan fingerprint density at radius 3 is 2.67 bits per heavy atom. The lowest BCUT2D eigenvalue weighted by atomic mass is 10.3. The normalized spacial score (nSPS) is 12.8. The topological polar surface area (TPSA) is 30.7 Å². The first-order valence-electron chi connectivity index (χ1n) is 6.42. The summed E-state index contributed by atoms with van der Waals surface area (Å²) in [6, 6.07) is 7.26. The van der Waals surface area contributed by atoms with Gasteiger partial charge in [-0.15, -0.1) is 11.6 Å². The van der Waals surface area contributed by atoms with Crippen LogP contribution in [0, 0.1) is 6.92 Å². The number of halogens is 3. The first-order valence-corrected chi connectivity index (χ1v) is 7.61. The Balaban J connectivity index is 2.39. The molecule has 3 nitrogen and oxygen atoms in total. The molecule has 0 N–H and O–H groups in total. The minimum atomic E-state index is -0.283. The zero-order valence-electron chi connectivity index (χ0n) is 11.4. The lowest BCUT2D eigenvalue weighted by Gasteiger charge is -2.12. The first kappa shape index (κ1) is 14.6. The fourth-order valence-electron chi connectivity index (χ4n) is 2.24. The average Bonchev–Trinajstić information content (AvgIpc) is 2.80. The van der Waals surface area contributed by atoms with Gasteiger partial charge in [-0.3, -0.25) is 4.57 Å². The molecule has 1 unspecified atom stereocenters. The van der Waals surface area contributed by atoms with Crippen LogP contribution < -0.4 is 0 Å². The number of pyridine rings is 1. The maximum Gasteiger partial charge on any atom is 0.164 e. The third-order valence-electron chi connectivity index (χ3n) is 3.16. The van der Waals surface area contributed by atoms with Gasteiger partial charge in [0.15, 0.2) is 5.65 Å². The molecule has 0 spiro atoms. The molecule has 1 aromatic carbocycles. The summed E-state index contributed by atoms with van der Waals surface area (Å²) < 4.78 is 1.86. The van der Waals surface area contributed by atoms with Crippen LogP contribution in [0.5, 0.6) is 0 Å². The summed E-state index contributed by atoms with van der Waals surface area (Å²) in [5.74, 6) is 0.689. The predicted octanol–water partition coefficient (Wildman–Crippen LogP) is 5.34. The van der Waals surface area contributed by atoms with Gasteiger partial charge < -0.3 is 0 Å². The van der Waals surface area contributed by atoms with Crippen molar-refractivity contribution >= 4 is 46.0 Å². The molecule has 108 valence electrons. The molecule has 0 aliphatic heterocycles. The van der Waals surface area contributed by atoms with Gasteiger partial charge in [-0.05, 0) is 43.7 Å². The molecule has 21 heavy (non-hydrogen) atoms. The number of imidazole rings is 1. The van der Waals surface area contributed by atoms with Gasteiger partial charge in [0.05, 0.1) is 16.1 Å². The number of aromatic nitrogens is 3. The van der Waals surface area contributed by atoms with Gasteiger partial charge in [0.1, 0.15) is 11.3 Å². The van der Waals surface area contributed by atoms with Gasteiger partial charge in [-0.2, -0.15) is 0 Å². The van der Waals surface area contributed by atoms with E-state index in [-0.39, 0.29) is 5.38 Å². The number of hydrogen-bond acceptors (Lipinski definition) is 2. The molecule has 0 saturated carbocycles. The Labute approximate surface area is 137 Å². The maximum atomic E-state index is 6.32. The number of alkyl halides is 1. The van der Waals surface area contributed by atoms with E-state index in [1.54, 1.807) is 24.4 Å². The van der Waals surface area contributed by atoms with E-state index >= 15 is 0 Å². The zero-order valence-corrected chi connectivity index (χ0v) is 13.7. The SMILES string of the molecule is Cc1cnc2c(c1)nc(C(C)Cl)n2-c1cc(Cl)ccc1Cl. The van der Waals surface area contributed by atoms with Crippen molar-refractivity contribution in [1.82, 2.24) is 14.5 Å². The van der Waals surface area contributed by atoms with Crippen LogP contribution in [0.25, 0.3) is 16.9 Å². The van der Waals surface area contributed by atoms with Crippen molar-refractivity contribution in [2.45, 2.75) is 19.2 Å². The van der Waals surface area contributed by atoms with Crippen molar-refractivity contribution in [3.63, 3.8) is 0 Å². The zero-order chi connectivity index (χ0) is 15.1. The summed E-state index contributed by atoms with van der Waals surface area (Å²) in [7, 11) is 0. The number of aryl methyl sites for hydroxylation is 1. The molecule has 0 bridgehead atoms. The van der Waals surface area contributed by atoms with Crippen molar-refractivity contribution in [2.75, 3.05) is 0 Å². The summed E-state index contributed by atoms with van der Waals surface area (Å²) in [4.78, 5) is 9.06. The molecule has 2 aromatic heterocycles. The molecular formula is C15H12Cl3N3. The monoisotopic (exact) mass is 339 g/mol. The maximum absolute atomic E-state index is 6.32. The van der Waals surface area contributed by atoms with E-state index in [2.05, 4.69) is 9.97 Å². The highest BCUT2D eigenvalue weighted by Crippen LogP contribution is 2.32. The molecule has 3 rings (SSSR count). The molecular weight excluding hydrogens is 329 g/mol. The number of rotatable bonds is 2. The quantitative estimate of drug-likeness (QED) is 0.590. The first-order chi connectivity index (χ1) is 9.97. The summed E-state index contributed by atoms with van der Waals surface area (Å²) in [6.07, 6.45) is 1.79. The van der Waals surface area contributed by atoms with Crippen LogP contribution in [0.15, 0.2) is 30.5 Å². The van der Waals surface area contributed by atoms with Crippen molar-refractivity contribution in [2.24, 2.45) is 0 Å². The van der Waals surface area contributed by atoms with Gasteiger partial charge >= 0.3 is 0 Å². The molecule has 0 aliphatic rings. The molecule has 0 radical (unpaired) electrons. The number of fused-ring (bicyclic) bond motifs is 1. The van der Waals surface area contributed by atoms with E-state index in [4.69, 9.17) is 34.8 Å². The number of benzene rings is 1. The van der Waals surface area contributed by atoms with Crippen LogP contribution in [-0.2, 0) is 0 Å². The molecule has 0 aliphatic carbocycles. The molecule has 3 aromatic rings. The second-order valence-electron chi connectivity index (χ2n) is 4.87. The van der Waals surface area contributed by atoms with Crippen LogP contribution >= 0.6 is 34.8 Å². The summed E-state index contributed by atoms with van der Waals surface area (Å²) in [6.45, 7) is 3.84. The Morgan fingerprint density at radius 1 is 1.19 bits per heavy atom. The molecule has 0 fully saturated rings. The van der Waals surface area contributed by atoms with E-state index < -0.39 is 0 Å². The lowest BCUT2D eigenvalue weighted by molar-refractivity contribution is 0.877. The largest absolute Gasteiger partial charge is 0.278 e. The van der Waals surface area contributed by atoms with E-state index in [1.807, 2.05) is 24.5 Å². The van der Waals surface area contributed by atoms with Gasteiger partial charge in [-0.25, -0.2) is 9.97 Å². The van der Waals surface area contributed by atoms with Crippen LogP contribution in [0.3, 0.4) is 0 Å². The van der Waals surface area contributed by atoms with Crippen LogP contribution in [0.2, 0.25) is 10.0 Å². The number of nitrogens with zero attached hydrogens (tertiary/aromatic N) is 3. The van der Waals surface area contributed by atoms with E-state index in [1.165, 1.54) is 0 Å². The van der Waals surface area contributed by atoms with E-state index in [0.717, 1.165) is 16.8 Å². The minimum Gasteiger partial charge on any atom is -0.278 e. The van der Waals surface area contributed by atoms with Gasteiger partial charge in [0.25, 0.3) is 0 Å². The highest BCUT2D eigenvalue weighted by atomic mass is 35.5. The number of hydrogen-bond donors (Lipinski definition) is 0. The highest BCUT2D eigenvalue weighted by Gasteiger charge is 2.19. The smallest absolute Gasteiger partial charge is 0.164 e. The summed E-state index contributed by atoms with van der Waals surface area (Å²) in [5.41, 5.74) is 3.27. The molecule has 2 heterocycles. The third-order valence-corrected chi connectivity index (χ3v) is 3.91. The van der Waals surface area contributed by atoms with Gasteiger partial charge in [-0.1, -0.05) is 23.2 Å². The van der Waals surface area contributed by atoms with Gasteiger partial charge in [0, 0.05) is 11.2 Å². The summed E-state index contributed by atoms with van der Waals surface area (Å²) in [5, 5.41) is 0.880. The lowest BCUT2D eigenvalue weighted by Crippen LogP contribution is -2.03. The average molecular weight is 341 g/mol. The Morgan fingerprint density at radius 2 is 1.95 bits per heavy atom. The van der Waals surface area contributed by atoms with Crippen molar-refractivity contribution < 1.29 is 0 Å². The Kier molecular flexibility index (Phi) is 3.82. The van der Waals surface area contributed by atoms with E-state index in [0.29, 0.717) is 21.5 Å². The highest BCUT2D eigenvalue weighted by molar-refractivity contribution is 6.34. The second-order valence-corrected chi connectivity index (χ2v) is 6.37. The van der Waals surface area contributed by atoms with Crippen molar-refractivity contribution in [3.05, 3.63) is 51.9 Å². The third kappa shape index (κ3) is 2.61. The standard InChI is InChI=1S/C15H12Cl3N3/c1-8-5-12-15(19-7-8)21(14(20-12)9(2)16)13-6-10(17)3-4-11(13)18/h3-7,9H,1-2H3. The van der Waals surface area contributed by atoms with Crippen molar-refractivity contribution in [1.29, 1.82) is 0 Å². The Hall–Kier alpha value is -1.29.